The zero-order valence-electron chi connectivity index (χ0n) is 13.6. The summed E-state index contributed by atoms with van der Waals surface area (Å²) in [6.07, 6.45) is 1.61. The minimum absolute atomic E-state index is 0.149. The van der Waals surface area contributed by atoms with E-state index in [-0.39, 0.29) is 11.5 Å². The van der Waals surface area contributed by atoms with Crippen molar-refractivity contribution in [2.75, 3.05) is 0 Å². The van der Waals surface area contributed by atoms with Gasteiger partial charge in [0.25, 0.3) is 5.89 Å². The molecule has 0 unspecified atom stereocenters. The van der Waals surface area contributed by atoms with Crippen molar-refractivity contribution < 1.29 is 4.52 Å². The van der Waals surface area contributed by atoms with E-state index in [2.05, 4.69) is 21.2 Å². The number of aromatic nitrogens is 3. The lowest BCUT2D eigenvalue weighted by molar-refractivity contribution is 0.409. The Balaban J connectivity index is 1.78. The topological polar surface area (TPSA) is 75.6 Å². The Hall–Kier alpha value is -3.01. The fourth-order valence-corrected chi connectivity index (χ4v) is 3.42. The van der Waals surface area contributed by atoms with Gasteiger partial charge in [-0.05, 0) is 36.1 Å². The van der Waals surface area contributed by atoms with Crippen LogP contribution in [0.25, 0.3) is 33.3 Å². The fraction of sp³-hybridized carbons (Fsp3) is 0.0526. The number of hydrogen-bond acceptors (Lipinski definition) is 6. The second-order valence-corrected chi connectivity index (χ2v) is 6.89. The second kappa shape index (κ2) is 6.71. The van der Waals surface area contributed by atoms with Crippen LogP contribution in [0.5, 0.6) is 0 Å². The number of nitrogens with zero attached hydrogens (tertiary/aromatic N) is 4. The van der Waals surface area contributed by atoms with Crippen LogP contribution in [0.2, 0.25) is 5.15 Å². The van der Waals surface area contributed by atoms with Crippen molar-refractivity contribution in [2.24, 2.45) is 0 Å². The summed E-state index contributed by atoms with van der Waals surface area (Å²) >= 11 is 7.82. The number of para-hydroxylation sites is 1. The molecule has 0 fully saturated rings. The average molecular weight is 379 g/mol. The van der Waals surface area contributed by atoms with E-state index in [0.717, 1.165) is 21.3 Å². The van der Waals surface area contributed by atoms with Crippen molar-refractivity contribution in [3.8, 4) is 16.8 Å². The average Bonchev–Trinajstić information content (AvgIpc) is 3.32. The second-order valence-electron chi connectivity index (χ2n) is 5.59. The van der Waals surface area contributed by atoms with Gasteiger partial charge in [0.2, 0.25) is 5.82 Å². The highest BCUT2D eigenvalue weighted by molar-refractivity contribution is 7.13. The van der Waals surface area contributed by atoms with Gasteiger partial charge in [-0.25, -0.2) is 4.98 Å². The third kappa shape index (κ3) is 2.99. The number of fused-ring (bicyclic) bond motifs is 1. The fourth-order valence-electron chi connectivity index (χ4n) is 2.58. The van der Waals surface area contributed by atoms with E-state index in [4.69, 9.17) is 16.1 Å². The number of allylic oxidation sites excluding steroid dienone is 1. The summed E-state index contributed by atoms with van der Waals surface area (Å²) in [7, 11) is 0. The number of thiophene rings is 1. The van der Waals surface area contributed by atoms with Crippen LogP contribution in [0, 0.1) is 18.3 Å². The molecule has 0 atom stereocenters. The summed E-state index contributed by atoms with van der Waals surface area (Å²) < 4.78 is 5.25. The maximum Gasteiger partial charge on any atom is 0.268 e. The molecule has 0 saturated carbocycles. The Kier molecular flexibility index (Phi) is 4.25. The van der Waals surface area contributed by atoms with Crippen LogP contribution in [0.15, 0.2) is 46.3 Å². The number of rotatable bonds is 3. The summed E-state index contributed by atoms with van der Waals surface area (Å²) in [5.74, 6) is 0.603. The monoisotopic (exact) mass is 378 g/mol. The molecule has 5 nitrogen and oxygen atoms in total. The third-order valence-corrected chi connectivity index (χ3v) is 5.01. The Morgan fingerprint density at radius 2 is 2.15 bits per heavy atom. The van der Waals surface area contributed by atoms with Crippen molar-refractivity contribution in [1.29, 1.82) is 5.26 Å². The lowest BCUT2D eigenvalue weighted by Crippen LogP contribution is -1.89. The summed E-state index contributed by atoms with van der Waals surface area (Å²) in [6.45, 7) is 1.98. The number of hydrogen-bond donors (Lipinski definition) is 0. The quantitative estimate of drug-likeness (QED) is 0.353. The summed E-state index contributed by atoms with van der Waals surface area (Å²) in [5, 5.41) is 16.6. The van der Waals surface area contributed by atoms with Gasteiger partial charge in [-0.2, -0.15) is 10.2 Å². The molecule has 0 spiro atoms. The summed E-state index contributed by atoms with van der Waals surface area (Å²) in [5.41, 5.74) is 2.73. The lowest BCUT2D eigenvalue weighted by atomic mass is 10.1. The minimum atomic E-state index is 0.149. The van der Waals surface area contributed by atoms with Gasteiger partial charge in [0.05, 0.1) is 10.4 Å². The van der Waals surface area contributed by atoms with Gasteiger partial charge >= 0.3 is 0 Å². The molecule has 4 rings (SSSR count). The van der Waals surface area contributed by atoms with Gasteiger partial charge in [0, 0.05) is 10.9 Å². The highest BCUT2D eigenvalue weighted by Gasteiger charge is 2.15. The standard InChI is InChI=1S/C19H11ClN4OS/c1-11-4-2-5-12-8-13(17(20)22-16(11)12)9-14(10-21)19-23-18(24-25-19)15-6-3-7-26-15/h2-9H,1H3/b14-9+. The molecular formula is C19H11ClN4OS. The van der Waals surface area contributed by atoms with Crippen LogP contribution in [0.4, 0.5) is 0 Å². The smallest absolute Gasteiger partial charge is 0.268 e. The SMILES string of the molecule is Cc1cccc2cc(/C=C(\C#N)c3nc(-c4cccs4)no3)c(Cl)nc12. The zero-order chi connectivity index (χ0) is 18.1. The first-order valence-electron chi connectivity index (χ1n) is 7.71. The van der Waals surface area contributed by atoms with Crippen LogP contribution < -0.4 is 0 Å². The molecule has 3 aromatic heterocycles. The maximum atomic E-state index is 9.52. The Bertz CT molecular complexity index is 1170. The van der Waals surface area contributed by atoms with Crippen LogP contribution >= 0.6 is 22.9 Å². The zero-order valence-corrected chi connectivity index (χ0v) is 15.2. The summed E-state index contributed by atoms with van der Waals surface area (Å²) in [4.78, 5) is 9.63. The Morgan fingerprint density at radius 1 is 1.27 bits per heavy atom. The molecule has 7 heteroatoms. The van der Waals surface area contributed by atoms with Gasteiger partial charge in [0.1, 0.15) is 16.8 Å². The number of nitriles is 1. The van der Waals surface area contributed by atoms with Crippen molar-refractivity contribution in [2.45, 2.75) is 6.92 Å². The molecule has 1 aromatic carbocycles. The van der Waals surface area contributed by atoms with Crippen molar-refractivity contribution in [3.63, 3.8) is 0 Å². The van der Waals surface area contributed by atoms with E-state index in [1.807, 2.05) is 48.7 Å². The molecule has 26 heavy (non-hydrogen) atoms. The number of benzene rings is 1. The molecular weight excluding hydrogens is 368 g/mol. The van der Waals surface area contributed by atoms with E-state index in [9.17, 15) is 5.26 Å². The Labute approximate surface area is 158 Å². The van der Waals surface area contributed by atoms with Crippen LogP contribution in [-0.2, 0) is 0 Å². The first-order chi connectivity index (χ1) is 12.7. The normalized spacial score (nSPS) is 11.7. The third-order valence-electron chi connectivity index (χ3n) is 3.85. The van der Waals surface area contributed by atoms with E-state index >= 15 is 0 Å². The van der Waals surface area contributed by atoms with E-state index in [0.29, 0.717) is 16.5 Å². The number of pyridine rings is 1. The lowest BCUT2D eigenvalue weighted by Gasteiger charge is -2.05. The number of aryl methyl sites for hydroxylation is 1. The predicted octanol–water partition coefficient (Wildman–Crippen LogP) is 5.37. The van der Waals surface area contributed by atoms with Crippen LogP contribution in [-0.4, -0.2) is 15.1 Å². The molecule has 0 saturated heterocycles. The molecule has 0 aliphatic carbocycles. The van der Waals surface area contributed by atoms with E-state index < -0.39 is 0 Å². The maximum absolute atomic E-state index is 9.52. The highest BCUT2D eigenvalue weighted by Crippen LogP contribution is 2.28. The molecule has 126 valence electrons. The molecule has 3 heterocycles. The molecule has 0 N–H and O–H groups in total. The predicted molar refractivity (Wildman–Crippen MR) is 103 cm³/mol. The first-order valence-corrected chi connectivity index (χ1v) is 8.97. The number of halogens is 1. The molecule has 0 aliphatic heterocycles. The highest BCUT2D eigenvalue weighted by atomic mass is 35.5. The van der Waals surface area contributed by atoms with Gasteiger partial charge < -0.3 is 4.52 Å². The first kappa shape index (κ1) is 16.5. The van der Waals surface area contributed by atoms with E-state index in [1.165, 1.54) is 11.3 Å². The largest absolute Gasteiger partial charge is 0.333 e. The molecule has 4 aromatic rings. The molecule has 0 amide bonds. The summed E-state index contributed by atoms with van der Waals surface area (Å²) in [6, 6.07) is 13.7. The van der Waals surface area contributed by atoms with Gasteiger partial charge in [-0.1, -0.05) is 41.0 Å². The minimum Gasteiger partial charge on any atom is -0.333 e. The Morgan fingerprint density at radius 3 is 2.92 bits per heavy atom. The van der Waals surface area contributed by atoms with Crippen molar-refractivity contribution in [3.05, 3.63) is 63.9 Å². The molecule has 0 aliphatic rings. The van der Waals surface area contributed by atoms with Gasteiger partial charge in [0.15, 0.2) is 0 Å². The van der Waals surface area contributed by atoms with E-state index in [1.54, 1.807) is 6.08 Å². The molecule has 0 radical (unpaired) electrons. The van der Waals surface area contributed by atoms with Crippen molar-refractivity contribution >= 4 is 45.5 Å². The van der Waals surface area contributed by atoms with Crippen LogP contribution in [0.3, 0.4) is 0 Å². The molecule has 0 bridgehead atoms. The van der Waals surface area contributed by atoms with Gasteiger partial charge in [-0.15, -0.1) is 11.3 Å². The van der Waals surface area contributed by atoms with Crippen LogP contribution in [0.1, 0.15) is 17.0 Å². The van der Waals surface area contributed by atoms with Gasteiger partial charge in [-0.3, -0.25) is 0 Å². The van der Waals surface area contributed by atoms with Crippen molar-refractivity contribution in [1.82, 2.24) is 15.1 Å².